The van der Waals surface area contributed by atoms with E-state index in [1.165, 1.54) is 6.07 Å². The summed E-state index contributed by atoms with van der Waals surface area (Å²) in [5.41, 5.74) is 4.62. The molecule has 6 rings (SSSR count). The molecular formula is C31H32FN7O3. The van der Waals surface area contributed by atoms with Gasteiger partial charge in [0.05, 0.1) is 18.7 Å². The van der Waals surface area contributed by atoms with Crippen molar-refractivity contribution in [3.05, 3.63) is 96.4 Å². The van der Waals surface area contributed by atoms with E-state index in [0.717, 1.165) is 27.8 Å². The molecule has 0 radical (unpaired) electrons. The fraction of sp³-hybridized carbons (Fsp3) is 0.258. The molecule has 0 amide bonds. The molecule has 1 aliphatic rings. The van der Waals surface area contributed by atoms with Crippen molar-refractivity contribution in [1.82, 2.24) is 24.5 Å². The standard InChI is InChI=1S/C31H32FN7O3/c1-19(22-13-23(40-2)17-38(15-22)18-25-26(32)5-4-6-28(25)41-3)42-31(35-33)20-7-9-27-24(14-20)30(37-36-27)21-8-10-29-34-11-12-39(29)16-21/h4-12,14,16,22-23H,1,13,15,17-18,33H2,2-3H3,(H,36,37)/b35-31-/t22-,23?/m1/s1. The molecule has 42 heavy (non-hydrogen) atoms. The van der Waals surface area contributed by atoms with E-state index in [0.29, 0.717) is 48.7 Å². The van der Waals surface area contributed by atoms with Crippen LogP contribution in [0.3, 0.4) is 0 Å². The van der Waals surface area contributed by atoms with Crippen molar-refractivity contribution in [2.45, 2.75) is 19.1 Å². The number of aromatic amines is 1. The van der Waals surface area contributed by atoms with E-state index < -0.39 is 0 Å². The number of likely N-dealkylation sites (tertiary alicyclic amines) is 1. The second-order valence-electron chi connectivity index (χ2n) is 10.4. The number of rotatable bonds is 8. The molecule has 2 aromatic carbocycles. The second-order valence-corrected chi connectivity index (χ2v) is 10.4. The number of nitrogens with two attached hydrogens (primary N) is 1. The van der Waals surface area contributed by atoms with E-state index in [4.69, 9.17) is 20.1 Å². The molecule has 11 heteroatoms. The van der Waals surface area contributed by atoms with Crippen molar-refractivity contribution in [3.63, 3.8) is 0 Å². The highest BCUT2D eigenvalue weighted by Crippen LogP contribution is 2.31. The van der Waals surface area contributed by atoms with Crippen LogP contribution < -0.4 is 10.6 Å². The Morgan fingerprint density at radius 1 is 1.19 bits per heavy atom. The van der Waals surface area contributed by atoms with Crippen molar-refractivity contribution in [2.75, 3.05) is 27.3 Å². The van der Waals surface area contributed by atoms with Crippen molar-refractivity contribution >= 4 is 22.4 Å². The summed E-state index contributed by atoms with van der Waals surface area (Å²) >= 11 is 0. The van der Waals surface area contributed by atoms with Gasteiger partial charge in [-0.15, -0.1) is 5.10 Å². The molecule has 1 saturated heterocycles. The summed E-state index contributed by atoms with van der Waals surface area (Å²) in [4.78, 5) is 6.44. The lowest BCUT2D eigenvalue weighted by molar-refractivity contribution is 0.00424. The summed E-state index contributed by atoms with van der Waals surface area (Å²) in [6.45, 7) is 5.82. The van der Waals surface area contributed by atoms with Crippen LogP contribution in [0, 0.1) is 11.7 Å². The first-order valence-electron chi connectivity index (χ1n) is 13.6. The number of imidazole rings is 1. The van der Waals surface area contributed by atoms with Crippen LogP contribution >= 0.6 is 0 Å². The maximum atomic E-state index is 14.7. The lowest BCUT2D eigenvalue weighted by Crippen LogP contribution is -2.44. The van der Waals surface area contributed by atoms with E-state index in [9.17, 15) is 4.39 Å². The second kappa shape index (κ2) is 11.6. The molecule has 3 N–H and O–H groups in total. The molecule has 1 aliphatic heterocycles. The predicted molar refractivity (Wildman–Crippen MR) is 158 cm³/mol. The number of nitrogens with zero attached hydrogens (tertiary/aromatic N) is 5. The van der Waals surface area contributed by atoms with E-state index >= 15 is 0 Å². The number of fused-ring (bicyclic) bond motifs is 2. The lowest BCUT2D eigenvalue weighted by atomic mass is 9.93. The van der Waals surface area contributed by atoms with Crippen LogP contribution in [-0.4, -0.2) is 63.8 Å². The zero-order valence-electron chi connectivity index (χ0n) is 23.5. The number of hydrazone groups is 1. The number of methoxy groups -OCH3 is 2. The summed E-state index contributed by atoms with van der Waals surface area (Å²) in [7, 11) is 3.22. The summed E-state index contributed by atoms with van der Waals surface area (Å²) in [5, 5.41) is 12.5. The Kier molecular flexibility index (Phi) is 7.60. The van der Waals surface area contributed by atoms with Crippen LogP contribution in [0.15, 0.2) is 84.6 Å². The van der Waals surface area contributed by atoms with Gasteiger partial charge in [-0.2, -0.15) is 5.10 Å². The SMILES string of the molecule is C=C(O/C(=N\N)c1ccc2[nH]nc(-c3ccc4nccn4c3)c2c1)[C@@H]1CC(OC)CN(Cc2c(F)cccc2OC)C1. The van der Waals surface area contributed by atoms with Crippen molar-refractivity contribution in [2.24, 2.45) is 16.9 Å². The van der Waals surface area contributed by atoms with Gasteiger partial charge in [-0.25, -0.2) is 9.37 Å². The number of H-pyrrole nitrogens is 1. The Hall–Kier alpha value is -4.74. The van der Waals surface area contributed by atoms with Crippen LogP contribution in [0.4, 0.5) is 4.39 Å². The molecular weight excluding hydrogens is 537 g/mol. The third kappa shape index (κ3) is 5.31. The number of pyridine rings is 1. The number of hydrogen-bond acceptors (Lipinski definition) is 8. The van der Waals surface area contributed by atoms with Gasteiger partial charge in [-0.05, 0) is 48.9 Å². The Morgan fingerprint density at radius 2 is 2.07 bits per heavy atom. The summed E-state index contributed by atoms with van der Waals surface area (Å²) < 4.78 is 34.0. The molecule has 0 spiro atoms. The van der Waals surface area contributed by atoms with Gasteiger partial charge >= 0.3 is 0 Å². The Morgan fingerprint density at radius 3 is 2.88 bits per heavy atom. The van der Waals surface area contributed by atoms with Crippen molar-refractivity contribution < 1.29 is 18.6 Å². The number of halogens is 1. The van der Waals surface area contributed by atoms with Crippen LogP contribution in [-0.2, 0) is 16.0 Å². The first-order valence-corrected chi connectivity index (χ1v) is 13.6. The first-order chi connectivity index (χ1) is 20.5. The molecule has 1 unspecified atom stereocenters. The molecule has 10 nitrogen and oxygen atoms in total. The average molecular weight is 570 g/mol. The summed E-state index contributed by atoms with van der Waals surface area (Å²) in [6.07, 6.45) is 6.24. The fourth-order valence-corrected chi connectivity index (χ4v) is 5.58. The average Bonchev–Trinajstić information content (AvgIpc) is 3.67. The third-order valence-corrected chi connectivity index (χ3v) is 7.77. The van der Waals surface area contributed by atoms with Gasteiger partial charge in [0, 0.05) is 73.3 Å². The van der Waals surface area contributed by atoms with E-state index in [2.05, 4.69) is 31.8 Å². The maximum absolute atomic E-state index is 14.7. The molecule has 0 saturated carbocycles. The number of hydrogen-bond donors (Lipinski definition) is 2. The quantitative estimate of drug-likeness (QED) is 0.0914. The number of benzene rings is 2. The third-order valence-electron chi connectivity index (χ3n) is 7.77. The highest BCUT2D eigenvalue weighted by molar-refractivity contribution is 6.01. The molecule has 4 heterocycles. The van der Waals surface area contributed by atoms with Gasteiger partial charge in [0.2, 0.25) is 5.90 Å². The minimum Gasteiger partial charge on any atom is -0.496 e. The number of nitrogens with one attached hydrogen (secondary N) is 1. The monoisotopic (exact) mass is 569 g/mol. The van der Waals surface area contributed by atoms with Crippen LogP contribution in [0.25, 0.3) is 27.8 Å². The Labute approximate surface area is 242 Å². The summed E-state index contributed by atoms with van der Waals surface area (Å²) in [5.74, 6) is 6.67. The Balaban J connectivity index is 1.22. The van der Waals surface area contributed by atoms with Gasteiger partial charge in [-0.1, -0.05) is 12.6 Å². The smallest absolute Gasteiger partial charge is 0.242 e. The van der Waals surface area contributed by atoms with Crippen molar-refractivity contribution in [3.8, 4) is 17.0 Å². The number of piperidine rings is 1. The highest BCUT2D eigenvalue weighted by Gasteiger charge is 2.31. The van der Waals surface area contributed by atoms with Gasteiger partial charge < -0.3 is 24.5 Å². The topological polar surface area (TPSA) is 115 Å². The molecule has 0 aliphatic carbocycles. The number of ether oxygens (including phenoxy) is 3. The zero-order valence-corrected chi connectivity index (χ0v) is 23.5. The molecule has 216 valence electrons. The highest BCUT2D eigenvalue weighted by atomic mass is 19.1. The van der Waals surface area contributed by atoms with Crippen LogP contribution in [0.5, 0.6) is 5.75 Å². The lowest BCUT2D eigenvalue weighted by Gasteiger charge is -2.37. The minimum absolute atomic E-state index is 0.0854. The minimum atomic E-state index is -0.308. The van der Waals surface area contributed by atoms with E-state index in [1.807, 2.05) is 47.1 Å². The van der Waals surface area contributed by atoms with Gasteiger partial charge in [0.15, 0.2) is 0 Å². The Bertz CT molecular complexity index is 1780. The normalized spacial score (nSPS) is 18.0. The summed E-state index contributed by atoms with van der Waals surface area (Å²) in [6, 6.07) is 14.5. The maximum Gasteiger partial charge on any atom is 0.242 e. The van der Waals surface area contributed by atoms with E-state index in [-0.39, 0.29) is 23.7 Å². The van der Waals surface area contributed by atoms with Crippen molar-refractivity contribution in [1.29, 1.82) is 0 Å². The zero-order chi connectivity index (χ0) is 29.2. The van der Waals surface area contributed by atoms with Gasteiger partial charge in [-0.3, -0.25) is 10.00 Å². The molecule has 3 aromatic heterocycles. The largest absolute Gasteiger partial charge is 0.496 e. The first kappa shape index (κ1) is 27.4. The van der Waals surface area contributed by atoms with Crippen LogP contribution in [0.1, 0.15) is 17.5 Å². The predicted octanol–water partition coefficient (Wildman–Crippen LogP) is 4.71. The van der Waals surface area contributed by atoms with Gasteiger partial charge in [0.25, 0.3) is 0 Å². The fourth-order valence-electron chi connectivity index (χ4n) is 5.58. The van der Waals surface area contributed by atoms with Gasteiger partial charge in [0.1, 0.15) is 28.7 Å². The van der Waals surface area contributed by atoms with E-state index in [1.54, 1.807) is 32.5 Å². The molecule has 2 atom stereocenters. The number of aromatic nitrogens is 4. The molecule has 5 aromatic rings. The molecule has 1 fully saturated rings. The van der Waals surface area contributed by atoms with Crippen LogP contribution in [0.2, 0.25) is 0 Å². The molecule has 0 bridgehead atoms.